The lowest BCUT2D eigenvalue weighted by atomic mass is 9.92. The van der Waals surface area contributed by atoms with Crippen LogP contribution in [0.3, 0.4) is 0 Å². The molecule has 0 bridgehead atoms. The third-order valence-corrected chi connectivity index (χ3v) is 6.60. The molecule has 0 radical (unpaired) electrons. The lowest BCUT2D eigenvalue weighted by molar-refractivity contribution is -0.118. The van der Waals surface area contributed by atoms with Crippen molar-refractivity contribution in [3.63, 3.8) is 0 Å². The van der Waals surface area contributed by atoms with Crippen molar-refractivity contribution < 1.29 is 14.3 Å². The molecule has 1 aliphatic carbocycles. The van der Waals surface area contributed by atoms with E-state index in [1.807, 2.05) is 36.4 Å². The van der Waals surface area contributed by atoms with Gasteiger partial charge in [-0.25, -0.2) is 4.68 Å². The average Bonchev–Trinajstić information content (AvgIpc) is 3.50. The zero-order chi connectivity index (χ0) is 23.2. The molecule has 1 aliphatic heterocycles. The fourth-order valence-electron chi connectivity index (χ4n) is 4.65. The Morgan fingerprint density at radius 2 is 1.82 bits per heavy atom. The summed E-state index contributed by atoms with van der Waals surface area (Å²) in [7, 11) is 1.59. The van der Waals surface area contributed by atoms with Gasteiger partial charge in [0, 0.05) is 29.6 Å². The van der Waals surface area contributed by atoms with Crippen molar-refractivity contribution in [3.05, 3.63) is 71.0 Å². The topological polar surface area (TPSA) is 114 Å². The number of benzene rings is 2. The van der Waals surface area contributed by atoms with E-state index in [0.717, 1.165) is 24.1 Å². The second-order valence-electron chi connectivity index (χ2n) is 8.57. The number of nitrogens with two attached hydrogens (primary N) is 1. The van der Waals surface area contributed by atoms with E-state index >= 15 is 0 Å². The maximum absolute atomic E-state index is 13.6. The summed E-state index contributed by atoms with van der Waals surface area (Å²) < 4.78 is 6.76. The van der Waals surface area contributed by atoms with E-state index in [9.17, 15) is 14.9 Å². The number of hydrogen-bond acceptors (Lipinski definition) is 5. The van der Waals surface area contributed by atoms with Crippen molar-refractivity contribution in [2.24, 2.45) is 5.73 Å². The molecule has 2 aliphatic rings. The highest BCUT2D eigenvalue weighted by atomic mass is 16.5. The van der Waals surface area contributed by atoms with E-state index in [2.05, 4.69) is 11.2 Å². The molecule has 8 heteroatoms. The van der Waals surface area contributed by atoms with E-state index in [1.54, 1.807) is 28.8 Å². The number of nitriles is 1. The first-order valence-electron chi connectivity index (χ1n) is 10.8. The second-order valence-corrected chi connectivity index (χ2v) is 8.57. The van der Waals surface area contributed by atoms with Crippen LogP contribution in [-0.2, 0) is 16.6 Å². The maximum atomic E-state index is 13.6. The summed E-state index contributed by atoms with van der Waals surface area (Å²) in [5.41, 5.74) is 9.14. The van der Waals surface area contributed by atoms with Crippen molar-refractivity contribution in [2.75, 3.05) is 18.6 Å². The van der Waals surface area contributed by atoms with Crippen LogP contribution >= 0.6 is 0 Å². The minimum absolute atomic E-state index is 0.155. The number of carbonyl (C=O) groups is 2. The van der Waals surface area contributed by atoms with Gasteiger partial charge in [-0.1, -0.05) is 12.1 Å². The van der Waals surface area contributed by atoms with Crippen molar-refractivity contribution in [2.45, 2.75) is 31.1 Å². The van der Waals surface area contributed by atoms with Gasteiger partial charge in [-0.05, 0) is 61.2 Å². The van der Waals surface area contributed by atoms with Crippen LogP contribution in [0.5, 0.6) is 5.75 Å². The molecule has 2 heterocycles. The predicted octanol–water partition coefficient (Wildman–Crippen LogP) is 2.86. The Hall–Kier alpha value is -4.12. The third-order valence-electron chi connectivity index (χ3n) is 6.60. The largest absolute Gasteiger partial charge is 0.497 e. The Labute approximate surface area is 191 Å². The number of aromatic nitrogens is 2. The Morgan fingerprint density at radius 3 is 2.39 bits per heavy atom. The normalized spacial score (nSPS) is 16.1. The minimum Gasteiger partial charge on any atom is -0.497 e. The number of nitrogens with zero attached hydrogens (tertiary/aromatic N) is 4. The number of primary amides is 1. The SMILES string of the molecule is COc1ccc(-n2nc(C#N)c3c2C(=O)N(c2ccc(C4(CC(N)=O)CC4)cc2)CC3)cc1. The van der Waals surface area contributed by atoms with Gasteiger partial charge in [0.15, 0.2) is 5.69 Å². The molecule has 1 saturated carbocycles. The van der Waals surface area contributed by atoms with Crippen LogP contribution in [0.4, 0.5) is 5.69 Å². The van der Waals surface area contributed by atoms with Gasteiger partial charge in [-0.3, -0.25) is 9.59 Å². The Kier molecular flexibility index (Phi) is 4.90. The highest BCUT2D eigenvalue weighted by Gasteiger charge is 2.45. The molecule has 0 saturated heterocycles. The van der Waals surface area contributed by atoms with Gasteiger partial charge in [0.05, 0.1) is 12.8 Å². The molecular formula is C25H23N5O3. The van der Waals surface area contributed by atoms with Crippen LogP contribution in [0.1, 0.15) is 46.6 Å². The van der Waals surface area contributed by atoms with Crippen LogP contribution in [0.2, 0.25) is 0 Å². The second kappa shape index (κ2) is 7.78. The molecule has 8 nitrogen and oxygen atoms in total. The molecule has 0 atom stereocenters. The first-order chi connectivity index (χ1) is 16.0. The highest BCUT2D eigenvalue weighted by molar-refractivity contribution is 6.07. The molecule has 33 heavy (non-hydrogen) atoms. The summed E-state index contributed by atoms with van der Waals surface area (Å²) >= 11 is 0. The van der Waals surface area contributed by atoms with Gasteiger partial charge in [0.25, 0.3) is 5.91 Å². The number of ether oxygens (including phenoxy) is 1. The smallest absolute Gasteiger partial charge is 0.277 e. The standard InChI is InChI=1S/C25H23N5O3/c1-33-19-8-6-18(7-9-19)30-23-20(21(15-26)28-30)10-13-29(24(23)32)17-4-2-16(3-5-17)25(11-12-25)14-22(27)31/h2-9H,10-14H2,1H3,(H2,27,31). The number of rotatable bonds is 6. The quantitative estimate of drug-likeness (QED) is 0.632. The Morgan fingerprint density at radius 1 is 1.15 bits per heavy atom. The summed E-state index contributed by atoms with van der Waals surface area (Å²) in [5.74, 6) is 0.195. The van der Waals surface area contributed by atoms with Gasteiger partial charge >= 0.3 is 0 Å². The number of hydrogen-bond donors (Lipinski definition) is 1. The minimum atomic E-state index is -0.296. The summed E-state index contributed by atoms with van der Waals surface area (Å²) in [4.78, 5) is 26.7. The summed E-state index contributed by atoms with van der Waals surface area (Å²) in [5, 5.41) is 14.0. The van der Waals surface area contributed by atoms with Crippen molar-refractivity contribution in [1.29, 1.82) is 5.26 Å². The van der Waals surface area contributed by atoms with Gasteiger partial charge < -0.3 is 15.4 Å². The third kappa shape index (κ3) is 3.52. The van der Waals surface area contributed by atoms with E-state index < -0.39 is 0 Å². The average molecular weight is 441 g/mol. The molecule has 0 unspecified atom stereocenters. The maximum Gasteiger partial charge on any atom is 0.277 e. The zero-order valence-electron chi connectivity index (χ0n) is 18.2. The fraction of sp³-hybridized carbons (Fsp3) is 0.280. The zero-order valence-corrected chi connectivity index (χ0v) is 18.2. The summed E-state index contributed by atoms with van der Waals surface area (Å²) in [6, 6.07) is 17.1. The molecular weight excluding hydrogens is 418 g/mol. The number of methoxy groups -OCH3 is 1. The molecule has 1 fully saturated rings. The number of anilines is 1. The Balaban J connectivity index is 1.48. The van der Waals surface area contributed by atoms with Gasteiger partial charge in [-0.2, -0.15) is 10.4 Å². The molecule has 5 rings (SSSR count). The fourth-order valence-corrected chi connectivity index (χ4v) is 4.65. The van der Waals surface area contributed by atoms with Gasteiger partial charge in [0.2, 0.25) is 5.91 Å². The van der Waals surface area contributed by atoms with Crippen molar-refractivity contribution in [1.82, 2.24) is 9.78 Å². The van der Waals surface area contributed by atoms with Crippen LogP contribution in [0.25, 0.3) is 5.69 Å². The monoisotopic (exact) mass is 441 g/mol. The molecule has 3 aromatic rings. The van der Waals surface area contributed by atoms with Crippen molar-refractivity contribution >= 4 is 17.5 Å². The van der Waals surface area contributed by atoms with Gasteiger partial charge in [0.1, 0.15) is 17.5 Å². The van der Waals surface area contributed by atoms with E-state index in [1.165, 1.54) is 0 Å². The lowest BCUT2D eigenvalue weighted by Gasteiger charge is -2.28. The molecule has 2 amide bonds. The van der Waals surface area contributed by atoms with E-state index in [0.29, 0.717) is 42.1 Å². The highest BCUT2D eigenvalue weighted by Crippen LogP contribution is 2.51. The molecule has 2 aromatic carbocycles. The van der Waals surface area contributed by atoms with Crippen LogP contribution in [0, 0.1) is 11.3 Å². The number of amides is 2. The van der Waals surface area contributed by atoms with Crippen molar-refractivity contribution in [3.8, 4) is 17.5 Å². The number of fused-ring (bicyclic) bond motifs is 1. The summed E-state index contributed by atoms with van der Waals surface area (Å²) in [6.07, 6.45) is 2.77. The number of carbonyl (C=O) groups excluding carboxylic acids is 2. The molecule has 1 aromatic heterocycles. The first-order valence-corrected chi connectivity index (χ1v) is 10.8. The molecule has 0 spiro atoms. The predicted molar refractivity (Wildman–Crippen MR) is 121 cm³/mol. The van der Waals surface area contributed by atoms with Crippen LogP contribution in [-0.4, -0.2) is 35.2 Å². The first kappa shape index (κ1) is 20.8. The van der Waals surface area contributed by atoms with E-state index in [-0.39, 0.29) is 22.9 Å². The van der Waals surface area contributed by atoms with Crippen LogP contribution in [0.15, 0.2) is 48.5 Å². The molecule has 2 N–H and O–H groups in total. The van der Waals surface area contributed by atoms with E-state index in [4.69, 9.17) is 10.5 Å². The van der Waals surface area contributed by atoms with Gasteiger partial charge in [-0.15, -0.1) is 0 Å². The van der Waals surface area contributed by atoms with Crippen LogP contribution < -0.4 is 15.4 Å². The molecule has 166 valence electrons. The Bertz CT molecular complexity index is 1280. The summed E-state index contributed by atoms with van der Waals surface area (Å²) in [6.45, 7) is 0.459. The lowest BCUT2D eigenvalue weighted by Crippen LogP contribution is -2.38.